The summed E-state index contributed by atoms with van der Waals surface area (Å²) >= 11 is 0. The molecule has 1 aliphatic rings. The number of para-hydroxylation sites is 2. The second-order valence-corrected chi connectivity index (χ2v) is 5.73. The Balaban J connectivity index is 1.45. The molecule has 6 heteroatoms. The standard InChI is InChI=1S/C16H16N4O2/c1-11-6-7-15(21)20(18-11)10-12-8-19(9-12)16-17-13-4-2-3-5-14(13)22-16/h2-7,12H,8-10H2,1H3. The maximum atomic E-state index is 11.8. The van der Waals surface area contributed by atoms with Crippen molar-refractivity contribution in [2.75, 3.05) is 18.0 Å². The molecule has 0 atom stereocenters. The van der Waals surface area contributed by atoms with E-state index in [1.807, 2.05) is 31.2 Å². The van der Waals surface area contributed by atoms with Gasteiger partial charge in [0.15, 0.2) is 5.58 Å². The lowest BCUT2D eigenvalue weighted by atomic mass is 10.0. The van der Waals surface area contributed by atoms with Gasteiger partial charge in [-0.2, -0.15) is 10.1 Å². The minimum Gasteiger partial charge on any atom is -0.423 e. The molecule has 0 aliphatic carbocycles. The predicted octanol–water partition coefficient (Wildman–Crippen LogP) is 1.83. The van der Waals surface area contributed by atoms with Gasteiger partial charge in [-0.25, -0.2) is 4.68 Å². The normalized spacial score (nSPS) is 15.2. The van der Waals surface area contributed by atoms with E-state index in [-0.39, 0.29) is 5.56 Å². The summed E-state index contributed by atoms with van der Waals surface area (Å²) in [5, 5.41) is 4.27. The molecule has 0 bridgehead atoms. The number of anilines is 1. The first kappa shape index (κ1) is 13.1. The van der Waals surface area contributed by atoms with E-state index in [1.54, 1.807) is 16.8 Å². The van der Waals surface area contributed by atoms with Crippen LogP contribution in [0.25, 0.3) is 11.1 Å². The summed E-state index contributed by atoms with van der Waals surface area (Å²) in [4.78, 5) is 18.3. The monoisotopic (exact) mass is 296 g/mol. The van der Waals surface area contributed by atoms with E-state index in [1.165, 1.54) is 0 Å². The summed E-state index contributed by atoms with van der Waals surface area (Å²) in [5.41, 5.74) is 2.48. The van der Waals surface area contributed by atoms with Crippen LogP contribution < -0.4 is 10.5 Å². The van der Waals surface area contributed by atoms with E-state index in [0.717, 1.165) is 29.9 Å². The van der Waals surface area contributed by atoms with Crippen molar-refractivity contribution in [2.45, 2.75) is 13.5 Å². The number of aromatic nitrogens is 3. The fourth-order valence-electron chi connectivity index (χ4n) is 2.76. The number of rotatable bonds is 3. The summed E-state index contributed by atoms with van der Waals surface area (Å²) in [7, 11) is 0. The lowest BCUT2D eigenvalue weighted by Crippen LogP contribution is -2.49. The quantitative estimate of drug-likeness (QED) is 0.738. The van der Waals surface area contributed by atoms with Gasteiger partial charge in [0.2, 0.25) is 0 Å². The molecule has 1 fully saturated rings. The van der Waals surface area contributed by atoms with Gasteiger partial charge in [-0.1, -0.05) is 12.1 Å². The Bertz CT molecular complexity index is 844. The van der Waals surface area contributed by atoms with E-state index in [2.05, 4.69) is 15.0 Å². The van der Waals surface area contributed by atoms with Crippen LogP contribution in [0.5, 0.6) is 0 Å². The van der Waals surface area contributed by atoms with Gasteiger partial charge in [0.25, 0.3) is 11.6 Å². The average Bonchev–Trinajstić information content (AvgIpc) is 2.89. The zero-order valence-electron chi connectivity index (χ0n) is 12.3. The van der Waals surface area contributed by atoms with Gasteiger partial charge in [-0.15, -0.1) is 0 Å². The first-order valence-corrected chi connectivity index (χ1v) is 7.34. The molecule has 1 aromatic carbocycles. The van der Waals surface area contributed by atoms with E-state index in [4.69, 9.17) is 4.42 Å². The van der Waals surface area contributed by atoms with Gasteiger partial charge < -0.3 is 9.32 Å². The summed E-state index contributed by atoms with van der Waals surface area (Å²) in [6.07, 6.45) is 0. The molecule has 0 spiro atoms. The van der Waals surface area contributed by atoms with Gasteiger partial charge in [0.05, 0.1) is 12.2 Å². The molecule has 0 saturated carbocycles. The van der Waals surface area contributed by atoms with Gasteiger partial charge >= 0.3 is 0 Å². The predicted molar refractivity (Wildman–Crippen MR) is 82.9 cm³/mol. The molecule has 1 saturated heterocycles. The lowest BCUT2D eigenvalue weighted by molar-refractivity contribution is 0.318. The Morgan fingerprint density at radius 2 is 2.05 bits per heavy atom. The second kappa shape index (κ2) is 4.98. The van der Waals surface area contributed by atoms with Crippen LogP contribution in [0.15, 0.2) is 45.6 Å². The van der Waals surface area contributed by atoms with Crippen LogP contribution in [0.3, 0.4) is 0 Å². The van der Waals surface area contributed by atoms with Crippen molar-refractivity contribution < 1.29 is 4.42 Å². The fourth-order valence-corrected chi connectivity index (χ4v) is 2.76. The minimum atomic E-state index is -0.0501. The molecule has 6 nitrogen and oxygen atoms in total. The van der Waals surface area contributed by atoms with E-state index in [9.17, 15) is 4.79 Å². The highest BCUT2D eigenvalue weighted by Gasteiger charge is 2.30. The van der Waals surface area contributed by atoms with E-state index < -0.39 is 0 Å². The van der Waals surface area contributed by atoms with Crippen LogP contribution in [-0.2, 0) is 6.54 Å². The molecule has 112 valence electrons. The molecule has 3 heterocycles. The van der Waals surface area contributed by atoms with E-state index >= 15 is 0 Å². The van der Waals surface area contributed by atoms with Gasteiger partial charge in [-0.05, 0) is 25.1 Å². The Morgan fingerprint density at radius 3 is 2.86 bits per heavy atom. The molecule has 4 rings (SSSR count). The molecular formula is C16H16N4O2. The van der Waals surface area contributed by atoms with Crippen molar-refractivity contribution in [1.82, 2.24) is 14.8 Å². The number of aryl methyl sites for hydroxylation is 1. The maximum absolute atomic E-state index is 11.8. The number of hydrogen-bond acceptors (Lipinski definition) is 5. The SMILES string of the molecule is Cc1ccc(=O)n(CC2CN(c3nc4ccccc4o3)C2)n1. The molecule has 22 heavy (non-hydrogen) atoms. The smallest absolute Gasteiger partial charge is 0.298 e. The summed E-state index contributed by atoms with van der Waals surface area (Å²) in [5.74, 6) is 0.391. The first-order valence-electron chi connectivity index (χ1n) is 7.34. The number of hydrogen-bond donors (Lipinski definition) is 0. The van der Waals surface area contributed by atoms with Crippen LogP contribution >= 0.6 is 0 Å². The van der Waals surface area contributed by atoms with Crippen molar-refractivity contribution in [3.63, 3.8) is 0 Å². The Kier molecular flexibility index (Phi) is 2.96. The van der Waals surface area contributed by atoms with Crippen LogP contribution in [0.1, 0.15) is 5.69 Å². The fraction of sp³-hybridized carbons (Fsp3) is 0.312. The highest BCUT2D eigenvalue weighted by atomic mass is 16.4. The number of benzene rings is 1. The number of oxazole rings is 1. The Hall–Kier alpha value is -2.63. The lowest BCUT2D eigenvalue weighted by Gasteiger charge is -2.37. The van der Waals surface area contributed by atoms with Crippen LogP contribution in [0, 0.1) is 12.8 Å². The first-order chi connectivity index (χ1) is 10.7. The zero-order chi connectivity index (χ0) is 15.1. The van der Waals surface area contributed by atoms with Gasteiger partial charge in [0, 0.05) is 25.1 Å². The Labute approximate surface area is 127 Å². The van der Waals surface area contributed by atoms with Crippen molar-refractivity contribution >= 4 is 17.1 Å². The largest absolute Gasteiger partial charge is 0.423 e. The second-order valence-electron chi connectivity index (χ2n) is 5.73. The van der Waals surface area contributed by atoms with Crippen LogP contribution in [0.2, 0.25) is 0 Å². The number of nitrogens with zero attached hydrogens (tertiary/aromatic N) is 4. The highest BCUT2D eigenvalue weighted by molar-refractivity contribution is 5.74. The average molecular weight is 296 g/mol. The number of fused-ring (bicyclic) bond motifs is 1. The third-order valence-electron chi connectivity index (χ3n) is 3.94. The van der Waals surface area contributed by atoms with Crippen molar-refractivity contribution in [2.24, 2.45) is 5.92 Å². The van der Waals surface area contributed by atoms with Crippen molar-refractivity contribution in [3.8, 4) is 0 Å². The zero-order valence-corrected chi connectivity index (χ0v) is 12.3. The topological polar surface area (TPSA) is 64.2 Å². The third kappa shape index (κ3) is 2.26. The van der Waals surface area contributed by atoms with Crippen molar-refractivity contribution in [3.05, 3.63) is 52.4 Å². The molecule has 1 aliphatic heterocycles. The summed E-state index contributed by atoms with van der Waals surface area (Å²) in [6, 6.07) is 11.7. The summed E-state index contributed by atoms with van der Waals surface area (Å²) in [6.45, 7) is 4.18. The van der Waals surface area contributed by atoms with E-state index in [0.29, 0.717) is 18.5 Å². The Morgan fingerprint density at radius 1 is 1.23 bits per heavy atom. The molecule has 3 aromatic rings. The van der Waals surface area contributed by atoms with Gasteiger partial charge in [0.1, 0.15) is 5.52 Å². The molecule has 0 radical (unpaired) electrons. The molecule has 0 unspecified atom stereocenters. The molecule has 0 amide bonds. The molecule has 0 N–H and O–H groups in total. The molecular weight excluding hydrogens is 280 g/mol. The van der Waals surface area contributed by atoms with Crippen LogP contribution in [0.4, 0.5) is 6.01 Å². The third-order valence-corrected chi connectivity index (χ3v) is 3.94. The summed E-state index contributed by atoms with van der Waals surface area (Å²) < 4.78 is 7.29. The maximum Gasteiger partial charge on any atom is 0.298 e. The molecule has 2 aromatic heterocycles. The van der Waals surface area contributed by atoms with Crippen molar-refractivity contribution in [1.29, 1.82) is 0 Å². The highest BCUT2D eigenvalue weighted by Crippen LogP contribution is 2.27. The van der Waals surface area contributed by atoms with Gasteiger partial charge in [-0.3, -0.25) is 4.79 Å². The minimum absolute atomic E-state index is 0.0501. The van der Waals surface area contributed by atoms with Crippen LogP contribution in [-0.4, -0.2) is 27.9 Å².